The van der Waals surface area contributed by atoms with Gasteiger partial charge in [-0.15, -0.1) is 0 Å². The molecule has 5 nitrogen and oxygen atoms in total. The van der Waals surface area contributed by atoms with Crippen LogP contribution in [0.2, 0.25) is 0 Å². The highest BCUT2D eigenvalue weighted by atomic mass is 32.2. The van der Waals surface area contributed by atoms with E-state index >= 15 is 0 Å². The Balaban J connectivity index is 1.70. The average molecular weight is 338 g/mol. The minimum atomic E-state index is -2.73. The number of aromatic amines is 1. The van der Waals surface area contributed by atoms with Crippen molar-refractivity contribution in [3.05, 3.63) is 42.2 Å². The molecule has 1 atom stereocenters. The topological polar surface area (TPSA) is 81.6 Å². The number of aromatic nitrogens is 2. The number of anilines is 1. The monoisotopic (exact) mass is 338 g/mol. The Morgan fingerprint density at radius 1 is 1.29 bits per heavy atom. The highest BCUT2D eigenvalue weighted by Crippen LogP contribution is 2.54. The molecule has 1 saturated carbocycles. The smallest absolute Gasteiger partial charge is 0.129 e. The number of fused-ring (bicyclic) bond motifs is 3. The molecule has 0 radical (unpaired) electrons. The number of nitrogens with zero attached hydrogens (tertiary/aromatic N) is 1. The second-order valence-corrected chi connectivity index (χ2v) is 9.17. The second kappa shape index (κ2) is 4.39. The molecule has 122 valence electrons. The summed E-state index contributed by atoms with van der Waals surface area (Å²) in [5.74, 6) is 1.01. The first-order chi connectivity index (χ1) is 11.5. The maximum atomic E-state index is 12.1. The van der Waals surface area contributed by atoms with E-state index in [-0.39, 0.29) is 0 Å². The van der Waals surface area contributed by atoms with E-state index in [0.29, 0.717) is 10.3 Å². The largest absolute Gasteiger partial charge is 0.369 e. The lowest BCUT2D eigenvalue weighted by molar-refractivity contribution is 0.679. The molecule has 2 aliphatic rings. The predicted octanol–water partition coefficient (Wildman–Crippen LogP) is 3.72. The first-order valence-electron chi connectivity index (χ1n) is 8.06. The van der Waals surface area contributed by atoms with Crippen LogP contribution in [0.5, 0.6) is 0 Å². The first kappa shape index (κ1) is 14.0. The van der Waals surface area contributed by atoms with Crippen LogP contribution in [0.25, 0.3) is 22.0 Å². The number of pyridine rings is 1. The van der Waals surface area contributed by atoms with Gasteiger partial charge in [0.1, 0.15) is 5.82 Å². The van der Waals surface area contributed by atoms with E-state index < -0.39 is 9.73 Å². The predicted molar refractivity (Wildman–Crippen MR) is 96.0 cm³/mol. The Morgan fingerprint density at radius 2 is 2.12 bits per heavy atom. The Hall–Kier alpha value is -2.34. The van der Waals surface area contributed by atoms with Gasteiger partial charge in [0.05, 0.1) is 9.73 Å². The Kier molecular flexibility index (Phi) is 2.57. The summed E-state index contributed by atoms with van der Waals surface area (Å²) in [4.78, 5) is 8.44. The van der Waals surface area contributed by atoms with Gasteiger partial charge in [-0.05, 0) is 37.1 Å². The van der Waals surface area contributed by atoms with Gasteiger partial charge in [0.2, 0.25) is 0 Å². The third-order valence-electron chi connectivity index (χ3n) is 5.32. The summed E-state index contributed by atoms with van der Waals surface area (Å²) in [5, 5.41) is 4.40. The summed E-state index contributed by atoms with van der Waals surface area (Å²) >= 11 is 0. The first-order valence-corrected chi connectivity index (χ1v) is 10.0. The highest BCUT2D eigenvalue weighted by molar-refractivity contribution is 7.91. The molecule has 1 spiro atoms. The van der Waals surface area contributed by atoms with Crippen LogP contribution < -0.4 is 5.32 Å². The van der Waals surface area contributed by atoms with Gasteiger partial charge in [0.15, 0.2) is 0 Å². The van der Waals surface area contributed by atoms with Crippen LogP contribution in [-0.2, 0) is 15.1 Å². The normalized spacial score (nSPS) is 19.9. The molecule has 5 rings (SSSR count). The molecule has 0 amide bonds. The number of rotatable bonds is 2. The number of H-pyrrole nitrogens is 1. The number of nitrogens with one attached hydrogen (secondary N) is 3. The van der Waals surface area contributed by atoms with Gasteiger partial charge >= 0.3 is 0 Å². The van der Waals surface area contributed by atoms with Crippen LogP contribution >= 0.6 is 0 Å². The maximum Gasteiger partial charge on any atom is 0.129 e. The van der Waals surface area contributed by atoms with E-state index in [1.165, 1.54) is 24.7 Å². The van der Waals surface area contributed by atoms with Crippen molar-refractivity contribution in [1.82, 2.24) is 9.97 Å². The van der Waals surface area contributed by atoms with E-state index in [2.05, 4.69) is 21.4 Å². The maximum absolute atomic E-state index is 12.1. The van der Waals surface area contributed by atoms with Gasteiger partial charge in [-0.2, -0.15) is 0 Å². The number of hydrogen-bond donors (Lipinski definition) is 3. The van der Waals surface area contributed by atoms with Crippen molar-refractivity contribution in [1.29, 1.82) is 4.78 Å². The van der Waals surface area contributed by atoms with Gasteiger partial charge in [-0.1, -0.05) is 0 Å². The van der Waals surface area contributed by atoms with Crippen LogP contribution in [0.3, 0.4) is 0 Å². The lowest BCUT2D eigenvalue weighted by Crippen LogP contribution is -2.08. The molecule has 24 heavy (non-hydrogen) atoms. The van der Waals surface area contributed by atoms with Crippen molar-refractivity contribution in [3.63, 3.8) is 0 Å². The molecular weight excluding hydrogens is 320 g/mol. The highest BCUT2D eigenvalue weighted by Gasteiger charge is 2.49. The summed E-state index contributed by atoms with van der Waals surface area (Å²) in [6, 6.07) is 7.78. The number of benzene rings is 1. The van der Waals surface area contributed by atoms with Gasteiger partial charge in [0, 0.05) is 63.1 Å². The Morgan fingerprint density at radius 3 is 2.88 bits per heavy atom. The lowest BCUT2D eigenvalue weighted by atomic mass is 9.97. The average Bonchev–Trinajstić information content (AvgIpc) is 3.08. The minimum Gasteiger partial charge on any atom is -0.369 e. The summed E-state index contributed by atoms with van der Waals surface area (Å²) < 4.78 is 19.9. The van der Waals surface area contributed by atoms with Crippen molar-refractivity contribution >= 4 is 26.4 Å². The molecule has 0 saturated heterocycles. The molecule has 6 heteroatoms. The summed E-state index contributed by atoms with van der Waals surface area (Å²) in [7, 11) is -2.73. The van der Waals surface area contributed by atoms with Gasteiger partial charge < -0.3 is 10.3 Å². The second-order valence-electron chi connectivity index (χ2n) is 7.01. The molecule has 3 heterocycles. The molecule has 1 unspecified atom stereocenters. The summed E-state index contributed by atoms with van der Waals surface area (Å²) in [5.41, 5.74) is 4.73. The van der Waals surface area contributed by atoms with Gasteiger partial charge in [0.25, 0.3) is 0 Å². The molecule has 2 aromatic heterocycles. The van der Waals surface area contributed by atoms with Crippen molar-refractivity contribution in [2.24, 2.45) is 0 Å². The molecule has 0 bridgehead atoms. The molecule has 3 N–H and O–H groups in total. The molecular formula is C18H18N4OS. The van der Waals surface area contributed by atoms with Crippen LogP contribution in [-0.4, -0.2) is 27.0 Å². The van der Waals surface area contributed by atoms with E-state index in [0.717, 1.165) is 34.4 Å². The Labute approximate surface area is 140 Å². The van der Waals surface area contributed by atoms with E-state index in [1.807, 2.05) is 24.5 Å². The summed E-state index contributed by atoms with van der Waals surface area (Å²) in [6.07, 6.45) is 7.79. The lowest BCUT2D eigenvalue weighted by Gasteiger charge is -2.08. The molecule has 1 aliphatic heterocycles. The fourth-order valence-corrected chi connectivity index (χ4v) is 4.35. The van der Waals surface area contributed by atoms with Crippen LogP contribution in [0.15, 0.2) is 41.6 Å². The third kappa shape index (κ3) is 1.92. The Bertz CT molecular complexity index is 1090. The van der Waals surface area contributed by atoms with Crippen molar-refractivity contribution in [2.45, 2.75) is 23.2 Å². The third-order valence-corrected chi connectivity index (χ3v) is 6.47. The quantitative estimate of drug-likeness (QED) is 0.666. The minimum absolute atomic E-state index is 0.300. The fourth-order valence-electron chi connectivity index (χ4n) is 3.68. The van der Waals surface area contributed by atoms with E-state index in [4.69, 9.17) is 4.78 Å². The van der Waals surface area contributed by atoms with Crippen molar-refractivity contribution in [3.8, 4) is 11.1 Å². The van der Waals surface area contributed by atoms with Gasteiger partial charge in [-0.25, -0.2) is 14.0 Å². The molecule has 3 aromatic rings. The van der Waals surface area contributed by atoms with Crippen LogP contribution in [0.4, 0.5) is 5.82 Å². The zero-order valence-corrected chi connectivity index (χ0v) is 14.2. The van der Waals surface area contributed by atoms with E-state index in [1.54, 1.807) is 6.07 Å². The number of hydrogen-bond acceptors (Lipinski definition) is 4. The standard InChI is InChI=1S/C18H18N4OS/c1-24(19,23)12-2-3-16-13(7-12)14(9-20-16)11-6-15-17(21-8-11)22-10-18(15)4-5-18/h2-3,6-9,19-20H,4-5,10H2,1H3,(H,21,22). The molecule has 1 aliphatic carbocycles. The van der Waals surface area contributed by atoms with Crippen molar-refractivity contribution < 1.29 is 4.21 Å². The van der Waals surface area contributed by atoms with Gasteiger partial charge in [-0.3, -0.25) is 0 Å². The fraction of sp³-hybridized carbons (Fsp3) is 0.278. The van der Waals surface area contributed by atoms with E-state index in [9.17, 15) is 4.21 Å². The zero-order valence-electron chi connectivity index (χ0n) is 13.3. The SMILES string of the molecule is CS(=N)(=O)c1ccc2[nH]cc(-c3cnc4c(c3)C3(CC3)CN4)c2c1. The summed E-state index contributed by atoms with van der Waals surface area (Å²) in [6.45, 7) is 0.994. The van der Waals surface area contributed by atoms with Crippen LogP contribution in [0.1, 0.15) is 18.4 Å². The van der Waals surface area contributed by atoms with Crippen LogP contribution in [0, 0.1) is 4.78 Å². The molecule has 1 fully saturated rings. The molecule has 1 aromatic carbocycles. The zero-order chi connectivity index (χ0) is 16.5. The van der Waals surface area contributed by atoms with Crippen molar-refractivity contribution in [2.75, 3.05) is 18.1 Å².